The van der Waals surface area contributed by atoms with Crippen LogP contribution >= 0.6 is 12.2 Å². The number of benzene rings is 1. The second kappa shape index (κ2) is 9.19. The number of hydrogen-bond donors (Lipinski definition) is 2. The number of nitrogens with zero attached hydrogens (tertiary/aromatic N) is 1. The molecule has 0 aliphatic carbocycles. The Labute approximate surface area is 146 Å². The van der Waals surface area contributed by atoms with Gasteiger partial charge in [0.2, 0.25) is 0 Å². The van der Waals surface area contributed by atoms with Crippen molar-refractivity contribution < 1.29 is 19.0 Å². The third-order valence-electron chi connectivity index (χ3n) is 3.34. The second-order valence-electron chi connectivity index (χ2n) is 5.22. The molecule has 0 amide bonds. The van der Waals surface area contributed by atoms with E-state index in [1.807, 2.05) is 0 Å². The highest BCUT2D eigenvalue weighted by Gasteiger charge is 2.15. The number of methoxy groups -OCH3 is 1. The van der Waals surface area contributed by atoms with Crippen molar-refractivity contribution in [1.82, 2.24) is 10.7 Å². The van der Waals surface area contributed by atoms with Crippen molar-refractivity contribution in [1.29, 1.82) is 0 Å². The first kappa shape index (κ1) is 18.2. The maximum Gasteiger partial charge on any atom is 0.308 e. The molecule has 8 heteroatoms. The fourth-order valence-corrected chi connectivity index (χ4v) is 2.36. The number of hydrazone groups is 1. The molecule has 1 fully saturated rings. The Morgan fingerprint density at radius 2 is 2.33 bits per heavy atom. The number of thiocarbonyl (C=S) groups is 1. The van der Waals surface area contributed by atoms with Gasteiger partial charge in [-0.15, -0.1) is 0 Å². The van der Waals surface area contributed by atoms with Gasteiger partial charge in [-0.1, -0.05) is 0 Å². The predicted octanol–water partition coefficient (Wildman–Crippen LogP) is 1.60. The number of carbonyl (C=O) groups excluding carboxylic acids is 1. The Morgan fingerprint density at radius 1 is 1.50 bits per heavy atom. The van der Waals surface area contributed by atoms with Gasteiger partial charge in [0, 0.05) is 20.1 Å². The minimum absolute atomic E-state index is 0.215. The Bertz CT molecular complexity index is 615. The topological polar surface area (TPSA) is 81.2 Å². The molecule has 2 N–H and O–H groups in total. The predicted molar refractivity (Wildman–Crippen MR) is 94.6 cm³/mol. The summed E-state index contributed by atoms with van der Waals surface area (Å²) in [5.74, 6) is 0.413. The van der Waals surface area contributed by atoms with Crippen LogP contribution in [0, 0.1) is 0 Å². The molecule has 1 aliphatic heterocycles. The summed E-state index contributed by atoms with van der Waals surface area (Å²) in [6, 6.07) is 5.12. The lowest BCUT2D eigenvalue weighted by molar-refractivity contribution is -0.132. The van der Waals surface area contributed by atoms with E-state index in [1.165, 1.54) is 14.0 Å². The highest BCUT2D eigenvalue weighted by atomic mass is 32.1. The van der Waals surface area contributed by atoms with Crippen molar-refractivity contribution in [2.45, 2.75) is 25.9 Å². The van der Waals surface area contributed by atoms with Crippen molar-refractivity contribution >= 4 is 29.5 Å². The van der Waals surface area contributed by atoms with Crippen LogP contribution in [-0.4, -0.2) is 43.7 Å². The molecule has 0 unspecified atom stereocenters. The summed E-state index contributed by atoms with van der Waals surface area (Å²) >= 11 is 5.15. The van der Waals surface area contributed by atoms with Gasteiger partial charge in [0.1, 0.15) is 0 Å². The molecule has 1 aromatic carbocycles. The molecule has 0 bridgehead atoms. The number of hydrogen-bond acceptors (Lipinski definition) is 6. The molecular formula is C16H21N3O4S. The molecule has 7 nitrogen and oxygen atoms in total. The van der Waals surface area contributed by atoms with Crippen molar-refractivity contribution in [2.75, 3.05) is 20.3 Å². The van der Waals surface area contributed by atoms with Gasteiger partial charge in [-0.2, -0.15) is 5.10 Å². The van der Waals surface area contributed by atoms with Crippen molar-refractivity contribution in [3.05, 3.63) is 23.8 Å². The molecule has 130 valence electrons. The van der Waals surface area contributed by atoms with Gasteiger partial charge >= 0.3 is 5.97 Å². The van der Waals surface area contributed by atoms with Crippen LogP contribution in [0.2, 0.25) is 0 Å². The Morgan fingerprint density at radius 3 is 3.00 bits per heavy atom. The highest BCUT2D eigenvalue weighted by molar-refractivity contribution is 7.80. The Kier molecular flexibility index (Phi) is 6.95. The number of ether oxygens (including phenoxy) is 3. The van der Waals surface area contributed by atoms with E-state index in [9.17, 15) is 4.79 Å². The van der Waals surface area contributed by atoms with E-state index in [0.717, 1.165) is 25.0 Å². The average molecular weight is 351 g/mol. The monoisotopic (exact) mass is 351 g/mol. The fourth-order valence-electron chi connectivity index (χ4n) is 2.22. The average Bonchev–Trinajstić information content (AvgIpc) is 3.07. The smallest absolute Gasteiger partial charge is 0.308 e. The van der Waals surface area contributed by atoms with Crippen molar-refractivity contribution in [3.63, 3.8) is 0 Å². The first-order valence-corrected chi connectivity index (χ1v) is 8.04. The van der Waals surface area contributed by atoms with Gasteiger partial charge in [-0.05, 0) is 48.8 Å². The molecule has 1 atom stereocenters. The third-order valence-corrected chi connectivity index (χ3v) is 3.57. The van der Waals surface area contributed by atoms with Gasteiger partial charge in [-0.25, -0.2) is 0 Å². The number of carbonyl (C=O) groups is 1. The van der Waals surface area contributed by atoms with E-state index in [2.05, 4.69) is 15.8 Å². The number of esters is 1. The van der Waals surface area contributed by atoms with Crippen molar-refractivity contribution in [2.24, 2.45) is 5.10 Å². The lowest BCUT2D eigenvalue weighted by Crippen LogP contribution is -2.37. The van der Waals surface area contributed by atoms with E-state index in [0.29, 0.717) is 23.2 Å². The van der Waals surface area contributed by atoms with E-state index >= 15 is 0 Å². The largest absolute Gasteiger partial charge is 0.493 e. The first-order valence-electron chi connectivity index (χ1n) is 7.63. The zero-order valence-corrected chi connectivity index (χ0v) is 14.5. The van der Waals surface area contributed by atoms with Crippen LogP contribution in [0.5, 0.6) is 11.5 Å². The standard InChI is InChI=1S/C16H21N3O4S/c1-11(20)23-14-6-5-12(8-15(14)21-2)9-18-19-16(24)17-10-13-4-3-7-22-13/h5-6,8-9,13H,3-4,7,10H2,1-2H3,(H2,17,19,24)/b18-9-/t13-/m0/s1. The van der Waals surface area contributed by atoms with Gasteiger partial charge in [0.05, 0.1) is 19.4 Å². The van der Waals surface area contributed by atoms with Gasteiger partial charge in [-0.3, -0.25) is 10.2 Å². The quantitative estimate of drug-likeness (QED) is 0.265. The lowest BCUT2D eigenvalue weighted by Gasteiger charge is -2.11. The molecule has 1 saturated heterocycles. The summed E-state index contributed by atoms with van der Waals surface area (Å²) in [7, 11) is 1.51. The first-order chi connectivity index (χ1) is 11.6. The van der Waals surface area contributed by atoms with Gasteiger partial charge in [0.25, 0.3) is 0 Å². The number of nitrogens with one attached hydrogen (secondary N) is 2. The van der Waals surface area contributed by atoms with E-state index in [4.69, 9.17) is 26.4 Å². The van der Waals surface area contributed by atoms with Crippen LogP contribution in [0.3, 0.4) is 0 Å². The summed E-state index contributed by atoms with van der Waals surface area (Å²) in [5.41, 5.74) is 3.52. The van der Waals surface area contributed by atoms with Crippen LogP contribution in [0.1, 0.15) is 25.3 Å². The zero-order chi connectivity index (χ0) is 17.4. The normalized spacial score (nSPS) is 16.8. The van der Waals surface area contributed by atoms with E-state index in [1.54, 1.807) is 24.4 Å². The molecule has 0 radical (unpaired) electrons. The van der Waals surface area contributed by atoms with Crippen LogP contribution in [-0.2, 0) is 9.53 Å². The Balaban J connectivity index is 1.84. The third kappa shape index (κ3) is 5.78. The number of rotatable bonds is 6. The minimum atomic E-state index is -0.404. The summed E-state index contributed by atoms with van der Waals surface area (Å²) in [4.78, 5) is 11.0. The van der Waals surface area contributed by atoms with E-state index < -0.39 is 5.97 Å². The van der Waals surface area contributed by atoms with Crippen LogP contribution in [0.15, 0.2) is 23.3 Å². The van der Waals surface area contributed by atoms with Crippen molar-refractivity contribution in [3.8, 4) is 11.5 Å². The molecule has 1 heterocycles. The SMILES string of the molecule is COc1cc(/C=N\NC(=S)NC[C@@H]2CCCO2)ccc1OC(C)=O. The highest BCUT2D eigenvalue weighted by Crippen LogP contribution is 2.27. The summed E-state index contributed by atoms with van der Waals surface area (Å²) < 4.78 is 15.7. The lowest BCUT2D eigenvalue weighted by atomic mass is 10.2. The second-order valence-corrected chi connectivity index (χ2v) is 5.63. The van der Waals surface area contributed by atoms with E-state index in [-0.39, 0.29) is 6.10 Å². The van der Waals surface area contributed by atoms with Crippen LogP contribution in [0.25, 0.3) is 0 Å². The maximum atomic E-state index is 11.0. The fraction of sp³-hybridized carbons (Fsp3) is 0.438. The molecule has 0 aromatic heterocycles. The molecule has 1 aromatic rings. The molecular weight excluding hydrogens is 330 g/mol. The molecule has 0 spiro atoms. The molecule has 0 saturated carbocycles. The summed E-state index contributed by atoms with van der Waals surface area (Å²) in [6.07, 6.45) is 3.95. The minimum Gasteiger partial charge on any atom is -0.493 e. The zero-order valence-electron chi connectivity index (χ0n) is 13.7. The summed E-state index contributed by atoms with van der Waals surface area (Å²) in [5, 5.41) is 7.57. The van der Waals surface area contributed by atoms with Crippen LogP contribution in [0.4, 0.5) is 0 Å². The van der Waals surface area contributed by atoms with Crippen LogP contribution < -0.4 is 20.2 Å². The van der Waals surface area contributed by atoms with Gasteiger partial charge < -0.3 is 19.5 Å². The molecule has 24 heavy (non-hydrogen) atoms. The Hall–Kier alpha value is -2.19. The maximum absolute atomic E-state index is 11.0. The summed E-state index contributed by atoms with van der Waals surface area (Å²) in [6.45, 7) is 2.82. The van der Waals surface area contributed by atoms with Gasteiger partial charge in [0.15, 0.2) is 16.6 Å². The molecule has 2 rings (SSSR count). The molecule has 1 aliphatic rings.